The maximum Gasteiger partial charge on any atom is 0.240 e. The summed E-state index contributed by atoms with van der Waals surface area (Å²) in [5.41, 5.74) is 6.02. The molecule has 4 rings (SSSR count). The number of nitrogens with one attached hydrogen (secondary N) is 2. The van der Waals surface area contributed by atoms with E-state index in [2.05, 4.69) is 96.4 Å². The second kappa shape index (κ2) is 7.14. The first-order chi connectivity index (χ1) is 12.1. The largest absolute Gasteiger partial charge is 1.00 e. The van der Waals surface area contributed by atoms with Gasteiger partial charge in [0.05, 0.1) is 22.0 Å². The van der Waals surface area contributed by atoms with E-state index in [4.69, 9.17) is 0 Å². The SMILES string of the molecule is CC(CN(C)C)Nc1c2ccccc2[n+](C)c2c1[nH]c1ccccc12.[Cl-]. The van der Waals surface area contributed by atoms with Gasteiger partial charge in [-0.3, -0.25) is 0 Å². The van der Waals surface area contributed by atoms with Gasteiger partial charge in [0.2, 0.25) is 11.0 Å². The number of halogens is 1. The van der Waals surface area contributed by atoms with E-state index in [1.807, 2.05) is 0 Å². The van der Waals surface area contributed by atoms with Gasteiger partial charge in [-0.25, -0.2) is 0 Å². The highest BCUT2D eigenvalue weighted by molar-refractivity contribution is 6.13. The van der Waals surface area contributed by atoms with Crippen molar-refractivity contribution in [2.45, 2.75) is 13.0 Å². The number of aryl methyl sites for hydroxylation is 1. The molecule has 0 aliphatic heterocycles. The van der Waals surface area contributed by atoms with Gasteiger partial charge >= 0.3 is 0 Å². The lowest BCUT2D eigenvalue weighted by Gasteiger charge is -2.20. The van der Waals surface area contributed by atoms with Crippen molar-refractivity contribution in [1.82, 2.24) is 9.88 Å². The van der Waals surface area contributed by atoms with Gasteiger partial charge in [0, 0.05) is 18.7 Å². The molecule has 5 heteroatoms. The Morgan fingerprint density at radius 2 is 1.69 bits per heavy atom. The van der Waals surface area contributed by atoms with Crippen molar-refractivity contribution < 1.29 is 17.0 Å². The first-order valence-corrected chi connectivity index (χ1v) is 8.78. The summed E-state index contributed by atoms with van der Waals surface area (Å²) in [4.78, 5) is 5.85. The molecule has 1 atom stereocenters. The Bertz CT molecular complexity index is 1070. The van der Waals surface area contributed by atoms with Crippen LogP contribution >= 0.6 is 0 Å². The highest BCUT2D eigenvalue weighted by atomic mass is 35.5. The molecule has 0 radical (unpaired) electrons. The van der Waals surface area contributed by atoms with Crippen LogP contribution in [0.15, 0.2) is 48.5 Å². The fourth-order valence-corrected chi connectivity index (χ4v) is 3.88. The van der Waals surface area contributed by atoms with Gasteiger partial charge in [-0.1, -0.05) is 24.3 Å². The molecule has 2 aromatic heterocycles. The number of para-hydroxylation sites is 2. The van der Waals surface area contributed by atoms with Gasteiger partial charge in [-0.2, -0.15) is 4.57 Å². The van der Waals surface area contributed by atoms with E-state index in [9.17, 15) is 0 Å². The van der Waals surface area contributed by atoms with Gasteiger partial charge in [-0.15, -0.1) is 0 Å². The smallest absolute Gasteiger partial charge is 0.240 e. The van der Waals surface area contributed by atoms with Crippen LogP contribution in [-0.2, 0) is 7.05 Å². The lowest BCUT2D eigenvalue weighted by Crippen LogP contribution is -3.00. The van der Waals surface area contributed by atoms with Gasteiger partial charge in [-0.05, 0) is 39.2 Å². The Morgan fingerprint density at radius 1 is 1.04 bits per heavy atom. The fraction of sp³-hybridized carbons (Fsp3) is 0.286. The Morgan fingerprint density at radius 3 is 2.42 bits per heavy atom. The molecular weight excluding hydrogens is 344 g/mol. The average Bonchev–Trinajstić information content (AvgIpc) is 2.97. The van der Waals surface area contributed by atoms with E-state index in [1.54, 1.807) is 0 Å². The molecule has 0 spiro atoms. The molecule has 4 aromatic rings. The predicted octanol–water partition coefficient (Wildman–Crippen LogP) is 0.665. The van der Waals surface area contributed by atoms with Crippen LogP contribution in [0.5, 0.6) is 0 Å². The minimum atomic E-state index is 0. The molecule has 4 nitrogen and oxygen atoms in total. The number of anilines is 1. The third kappa shape index (κ3) is 3.00. The lowest BCUT2D eigenvalue weighted by molar-refractivity contribution is -0.616. The Balaban J connectivity index is 0.00000196. The number of fused-ring (bicyclic) bond motifs is 4. The van der Waals surface area contributed by atoms with Crippen LogP contribution in [0.3, 0.4) is 0 Å². The Hall–Kier alpha value is -2.30. The quantitative estimate of drug-likeness (QED) is 0.519. The molecule has 136 valence electrons. The zero-order valence-corrected chi connectivity index (χ0v) is 16.4. The topological polar surface area (TPSA) is 34.9 Å². The van der Waals surface area contributed by atoms with E-state index in [0.717, 1.165) is 6.54 Å². The van der Waals surface area contributed by atoms with Crippen molar-refractivity contribution in [2.24, 2.45) is 7.05 Å². The van der Waals surface area contributed by atoms with Gasteiger partial charge in [0.15, 0.2) is 0 Å². The minimum Gasteiger partial charge on any atom is -1.00 e. The molecule has 2 aromatic carbocycles. The number of likely N-dealkylation sites (N-methyl/N-ethyl adjacent to an activating group) is 1. The van der Waals surface area contributed by atoms with Crippen LogP contribution in [0, 0.1) is 0 Å². The monoisotopic (exact) mass is 368 g/mol. The normalized spacial score (nSPS) is 12.7. The molecule has 0 saturated carbocycles. The molecular formula is C21H25ClN4. The number of rotatable bonds is 4. The van der Waals surface area contributed by atoms with E-state index in [1.165, 1.54) is 38.5 Å². The summed E-state index contributed by atoms with van der Waals surface area (Å²) < 4.78 is 2.30. The fourth-order valence-electron chi connectivity index (χ4n) is 3.88. The van der Waals surface area contributed by atoms with Crippen LogP contribution in [0.1, 0.15) is 6.92 Å². The number of nitrogens with zero attached hydrogens (tertiary/aromatic N) is 2. The lowest BCUT2D eigenvalue weighted by atomic mass is 10.1. The maximum atomic E-state index is 3.76. The van der Waals surface area contributed by atoms with Crippen molar-refractivity contribution in [3.05, 3.63) is 48.5 Å². The van der Waals surface area contributed by atoms with Crippen LogP contribution in [-0.4, -0.2) is 36.6 Å². The number of hydrogen-bond donors (Lipinski definition) is 2. The average molecular weight is 369 g/mol. The van der Waals surface area contributed by atoms with Crippen molar-refractivity contribution in [2.75, 3.05) is 26.0 Å². The van der Waals surface area contributed by atoms with Gasteiger partial charge in [0.25, 0.3) is 0 Å². The standard InChI is InChI=1S/C21H24N4.ClH/c1-14(13-24(2)3)22-19-16-10-6-8-12-18(16)25(4)21-15-9-5-7-11-17(15)23-20(19)21;/h5-12,14H,13H2,1-4H3,(H,22,23);1H. The van der Waals surface area contributed by atoms with Crippen molar-refractivity contribution in [1.29, 1.82) is 0 Å². The zero-order chi connectivity index (χ0) is 17.6. The van der Waals surface area contributed by atoms with E-state index in [-0.39, 0.29) is 12.4 Å². The molecule has 0 fully saturated rings. The Kier molecular flexibility index (Phi) is 5.08. The highest BCUT2D eigenvalue weighted by Gasteiger charge is 2.22. The van der Waals surface area contributed by atoms with E-state index < -0.39 is 0 Å². The molecule has 0 bridgehead atoms. The molecule has 0 aliphatic carbocycles. The number of aromatic amines is 1. The summed E-state index contributed by atoms with van der Waals surface area (Å²) in [6, 6.07) is 17.5. The maximum absolute atomic E-state index is 3.76. The molecule has 2 N–H and O–H groups in total. The number of aromatic nitrogens is 2. The first kappa shape index (κ1) is 18.5. The molecule has 0 aliphatic rings. The van der Waals surface area contributed by atoms with Crippen molar-refractivity contribution in [3.8, 4) is 0 Å². The summed E-state index contributed by atoms with van der Waals surface area (Å²) in [5, 5.41) is 6.26. The van der Waals surface area contributed by atoms with E-state index >= 15 is 0 Å². The summed E-state index contributed by atoms with van der Waals surface area (Å²) in [6.07, 6.45) is 0. The Labute approximate surface area is 160 Å². The van der Waals surface area contributed by atoms with Gasteiger partial charge < -0.3 is 27.6 Å². The second-order valence-electron chi connectivity index (χ2n) is 7.15. The number of hydrogen-bond acceptors (Lipinski definition) is 2. The number of pyridine rings is 1. The molecule has 0 amide bonds. The number of benzene rings is 2. The summed E-state index contributed by atoms with van der Waals surface area (Å²) in [5.74, 6) is 0. The van der Waals surface area contributed by atoms with Crippen molar-refractivity contribution >= 4 is 38.5 Å². The van der Waals surface area contributed by atoms with E-state index in [0.29, 0.717) is 6.04 Å². The minimum absolute atomic E-state index is 0. The third-order valence-corrected chi connectivity index (χ3v) is 4.83. The third-order valence-electron chi connectivity index (χ3n) is 4.83. The highest BCUT2D eigenvalue weighted by Crippen LogP contribution is 2.33. The first-order valence-electron chi connectivity index (χ1n) is 8.78. The number of H-pyrrole nitrogens is 1. The van der Waals surface area contributed by atoms with Crippen LogP contribution < -0.4 is 22.3 Å². The zero-order valence-electron chi connectivity index (χ0n) is 15.7. The summed E-state index contributed by atoms with van der Waals surface area (Å²) in [6.45, 7) is 3.22. The van der Waals surface area contributed by atoms with Crippen LogP contribution in [0.4, 0.5) is 5.69 Å². The predicted molar refractivity (Wildman–Crippen MR) is 106 cm³/mol. The molecule has 0 saturated heterocycles. The molecule has 2 heterocycles. The van der Waals surface area contributed by atoms with Crippen molar-refractivity contribution in [3.63, 3.8) is 0 Å². The second-order valence-corrected chi connectivity index (χ2v) is 7.15. The van der Waals surface area contributed by atoms with Gasteiger partial charge in [0.1, 0.15) is 12.6 Å². The summed E-state index contributed by atoms with van der Waals surface area (Å²) >= 11 is 0. The summed E-state index contributed by atoms with van der Waals surface area (Å²) in [7, 11) is 6.37. The van der Waals surface area contributed by atoms with Crippen LogP contribution in [0.2, 0.25) is 0 Å². The molecule has 1 unspecified atom stereocenters. The van der Waals surface area contributed by atoms with Crippen LogP contribution in [0.25, 0.3) is 32.8 Å². The molecule has 26 heavy (non-hydrogen) atoms.